The zero-order valence-electron chi connectivity index (χ0n) is 16.4. The summed E-state index contributed by atoms with van der Waals surface area (Å²) in [7, 11) is 3.71. The predicted molar refractivity (Wildman–Crippen MR) is 109 cm³/mol. The first-order valence-electron chi connectivity index (χ1n) is 9.42. The number of pyridine rings is 1. The third kappa shape index (κ3) is 2.53. The van der Waals surface area contributed by atoms with E-state index in [2.05, 4.69) is 28.1 Å². The highest BCUT2D eigenvalue weighted by Gasteiger charge is 2.25. The summed E-state index contributed by atoms with van der Waals surface area (Å²) in [5.74, 6) is 0.427. The third-order valence-corrected chi connectivity index (χ3v) is 5.80. The van der Waals surface area contributed by atoms with E-state index in [4.69, 9.17) is 0 Å². The van der Waals surface area contributed by atoms with Crippen molar-refractivity contribution in [3.05, 3.63) is 64.9 Å². The maximum absolute atomic E-state index is 14.1. The van der Waals surface area contributed by atoms with Crippen LogP contribution in [0.3, 0.4) is 0 Å². The molecule has 0 saturated carbocycles. The van der Waals surface area contributed by atoms with Gasteiger partial charge in [-0.2, -0.15) is 10.4 Å². The number of nitrogens with one attached hydrogen (secondary N) is 1. The number of H-pyrrole nitrogens is 1. The summed E-state index contributed by atoms with van der Waals surface area (Å²) in [5, 5.41) is 15.3. The number of nitrogens with zero attached hydrogens (tertiary/aromatic N) is 5. The SMILES string of the molecule is CC1c2cc(F)ccc2CN(C)c2nn(C)c(C#N)c2-c2cnc3[nH]cc1c3c2. The smallest absolute Gasteiger partial charge is 0.160 e. The van der Waals surface area contributed by atoms with Crippen molar-refractivity contribution in [3.8, 4) is 17.2 Å². The Balaban J connectivity index is 1.88. The summed E-state index contributed by atoms with van der Waals surface area (Å²) in [4.78, 5) is 9.81. The third-order valence-electron chi connectivity index (χ3n) is 5.80. The highest BCUT2D eigenvalue weighted by Crippen LogP contribution is 2.39. The van der Waals surface area contributed by atoms with Gasteiger partial charge in [0.1, 0.15) is 23.2 Å². The molecule has 1 unspecified atom stereocenters. The van der Waals surface area contributed by atoms with E-state index in [1.807, 2.05) is 30.3 Å². The van der Waals surface area contributed by atoms with Crippen LogP contribution in [0, 0.1) is 17.1 Å². The molecule has 3 aromatic heterocycles. The number of aromatic amines is 1. The lowest BCUT2D eigenvalue weighted by Gasteiger charge is -2.22. The fourth-order valence-corrected chi connectivity index (χ4v) is 4.30. The Morgan fingerprint density at radius 2 is 2.07 bits per heavy atom. The van der Waals surface area contributed by atoms with Crippen LogP contribution >= 0.6 is 0 Å². The number of hydrogen-bond donors (Lipinski definition) is 1. The van der Waals surface area contributed by atoms with E-state index in [0.717, 1.165) is 38.9 Å². The van der Waals surface area contributed by atoms with Crippen LogP contribution in [0.5, 0.6) is 0 Å². The molecule has 7 heteroatoms. The van der Waals surface area contributed by atoms with E-state index in [9.17, 15) is 9.65 Å². The standard InChI is InChI=1S/C22H19FN6/c1-12-16-7-15(23)5-4-13(16)11-28(2)22-20(19(8-24)29(3)27-22)14-6-17-18(12)10-26-21(17)25-9-14/h4-7,9-10,12H,11H2,1-3H3,(H,25,26). The van der Waals surface area contributed by atoms with Gasteiger partial charge in [0.25, 0.3) is 0 Å². The Morgan fingerprint density at radius 3 is 2.86 bits per heavy atom. The van der Waals surface area contributed by atoms with Crippen LogP contribution in [0.25, 0.3) is 22.2 Å². The van der Waals surface area contributed by atoms with Crippen molar-refractivity contribution >= 4 is 16.9 Å². The first kappa shape index (κ1) is 17.4. The normalized spacial score (nSPS) is 15.7. The van der Waals surface area contributed by atoms with Gasteiger partial charge in [-0.3, -0.25) is 4.68 Å². The zero-order valence-corrected chi connectivity index (χ0v) is 16.4. The molecule has 29 heavy (non-hydrogen) atoms. The van der Waals surface area contributed by atoms with Crippen molar-refractivity contribution in [3.63, 3.8) is 0 Å². The molecule has 144 valence electrons. The Bertz CT molecular complexity index is 1310. The van der Waals surface area contributed by atoms with Crippen LogP contribution in [0.15, 0.2) is 36.7 Å². The van der Waals surface area contributed by atoms with E-state index in [-0.39, 0.29) is 11.7 Å². The average Bonchev–Trinajstić information content (AvgIpc) is 3.28. The van der Waals surface area contributed by atoms with Crippen molar-refractivity contribution in [1.29, 1.82) is 5.26 Å². The monoisotopic (exact) mass is 386 g/mol. The quantitative estimate of drug-likeness (QED) is 0.494. The minimum atomic E-state index is -0.253. The molecule has 0 aliphatic carbocycles. The number of hydrogen-bond acceptors (Lipinski definition) is 4. The summed E-state index contributed by atoms with van der Waals surface area (Å²) < 4.78 is 15.7. The van der Waals surface area contributed by atoms with E-state index in [0.29, 0.717) is 18.1 Å². The van der Waals surface area contributed by atoms with Crippen LogP contribution in [-0.2, 0) is 13.6 Å². The molecule has 0 fully saturated rings. The maximum atomic E-state index is 14.1. The number of benzene rings is 1. The van der Waals surface area contributed by atoms with Gasteiger partial charge in [-0.05, 0) is 34.9 Å². The highest BCUT2D eigenvalue weighted by molar-refractivity contribution is 5.89. The van der Waals surface area contributed by atoms with Gasteiger partial charge in [0.15, 0.2) is 5.82 Å². The molecule has 1 aliphatic heterocycles. The average molecular weight is 386 g/mol. The van der Waals surface area contributed by atoms with Crippen molar-refractivity contribution < 1.29 is 4.39 Å². The lowest BCUT2D eigenvalue weighted by atomic mass is 9.89. The molecule has 6 nitrogen and oxygen atoms in total. The number of aryl methyl sites for hydroxylation is 1. The molecule has 4 aromatic rings. The maximum Gasteiger partial charge on any atom is 0.160 e. The van der Waals surface area contributed by atoms with Crippen LogP contribution in [0.4, 0.5) is 10.2 Å². The number of halogens is 1. The second kappa shape index (κ2) is 6.17. The Kier molecular flexibility index (Phi) is 3.71. The van der Waals surface area contributed by atoms with Gasteiger partial charge in [0.05, 0.1) is 5.56 Å². The zero-order chi connectivity index (χ0) is 20.3. The van der Waals surface area contributed by atoms with E-state index in [1.54, 1.807) is 24.0 Å². The molecule has 0 radical (unpaired) electrons. The number of anilines is 1. The molecule has 1 aliphatic rings. The molecule has 2 bridgehead atoms. The predicted octanol–water partition coefficient (Wildman–Crippen LogP) is 4.08. The molecular weight excluding hydrogens is 367 g/mol. The summed E-state index contributed by atoms with van der Waals surface area (Å²) in [6, 6.07) is 9.26. The van der Waals surface area contributed by atoms with Gasteiger partial charge in [0.2, 0.25) is 0 Å². The number of nitriles is 1. The number of aromatic nitrogens is 4. The van der Waals surface area contributed by atoms with Gasteiger partial charge < -0.3 is 9.88 Å². The first-order valence-corrected chi connectivity index (χ1v) is 9.42. The molecular formula is C22H19FN6. The number of fused-ring (bicyclic) bond motifs is 4. The van der Waals surface area contributed by atoms with Crippen LogP contribution in [-0.4, -0.2) is 26.8 Å². The summed E-state index contributed by atoms with van der Waals surface area (Å²) in [6.07, 6.45) is 3.71. The Hall–Kier alpha value is -3.66. The van der Waals surface area contributed by atoms with Crippen molar-refractivity contribution in [1.82, 2.24) is 19.7 Å². The Morgan fingerprint density at radius 1 is 1.24 bits per heavy atom. The number of rotatable bonds is 0. The van der Waals surface area contributed by atoms with Crippen LogP contribution < -0.4 is 4.90 Å². The molecule has 0 saturated heterocycles. The minimum Gasteiger partial charge on any atom is -0.353 e. The van der Waals surface area contributed by atoms with Crippen LogP contribution in [0.2, 0.25) is 0 Å². The van der Waals surface area contributed by atoms with E-state index in [1.165, 1.54) is 6.07 Å². The fourth-order valence-electron chi connectivity index (χ4n) is 4.30. The molecule has 0 amide bonds. The lowest BCUT2D eigenvalue weighted by Crippen LogP contribution is -2.19. The van der Waals surface area contributed by atoms with Gasteiger partial charge in [-0.25, -0.2) is 9.37 Å². The molecule has 0 spiro atoms. The van der Waals surface area contributed by atoms with Crippen molar-refractivity contribution in [2.24, 2.45) is 7.05 Å². The molecule has 1 N–H and O–H groups in total. The molecule has 1 atom stereocenters. The van der Waals surface area contributed by atoms with Crippen LogP contribution in [0.1, 0.15) is 35.2 Å². The van der Waals surface area contributed by atoms with Crippen molar-refractivity contribution in [2.45, 2.75) is 19.4 Å². The molecule has 1 aromatic carbocycles. The van der Waals surface area contributed by atoms with Gasteiger partial charge in [-0.1, -0.05) is 13.0 Å². The summed E-state index contributed by atoms with van der Waals surface area (Å²) in [5.41, 5.74) is 5.86. The van der Waals surface area contributed by atoms with Gasteiger partial charge >= 0.3 is 0 Å². The molecule has 5 rings (SSSR count). The lowest BCUT2D eigenvalue weighted by molar-refractivity contribution is 0.622. The summed E-state index contributed by atoms with van der Waals surface area (Å²) in [6.45, 7) is 2.63. The second-order valence-corrected chi connectivity index (χ2v) is 7.57. The van der Waals surface area contributed by atoms with Crippen molar-refractivity contribution in [2.75, 3.05) is 11.9 Å². The fraction of sp³-hybridized carbons (Fsp3) is 0.227. The molecule has 4 heterocycles. The second-order valence-electron chi connectivity index (χ2n) is 7.57. The topological polar surface area (TPSA) is 73.5 Å². The Labute approximate surface area is 167 Å². The first-order chi connectivity index (χ1) is 14.0. The van der Waals surface area contributed by atoms with Gasteiger partial charge in [0, 0.05) is 49.9 Å². The van der Waals surface area contributed by atoms with Gasteiger partial charge in [-0.15, -0.1) is 0 Å². The van der Waals surface area contributed by atoms with E-state index >= 15 is 0 Å². The van der Waals surface area contributed by atoms with E-state index < -0.39 is 0 Å². The summed E-state index contributed by atoms with van der Waals surface area (Å²) >= 11 is 0. The largest absolute Gasteiger partial charge is 0.353 e. The highest BCUT2D eigenvalue weighted by atomic mass is 19.1. The minimum absolute atomic E-state index is 0.0214.